The molecule has 154 valence electrons. The Labute approximate surface area is 170 Å². The number of nitrogens with zero attached hydrogens (tertiary/aromatic N) is 1. The highest BCUT2D eigenvalue weighted by Gasteiger charge is 2.46. The van der Waals surface area contributed by atoms with Crippen LogP contribution in [-0.2, 0) is 22.7 Å². The van der Waals surface area contributed by atoms with Crippen LogP contribution in [0.4, 0.5) is 0 Å². The van der Waals surface area contributed by atoms with Crippen LogP contribution in [-0.4, -0.2) is 47.3 Å². The molecule has 5 rings (SSSR count). The van der Waals surface area contributed by atoms with Crippen molar-refractivity contribution in [2.75, 3.05) is 13.1 Å². The first-order valence-corrected chi connectivity index (χ1v) is 10.8. The van der Waals surface area contributed by atoms with Gasteiger partial charge in [0.15, 0.2) is 0 Å². The lowest BCUT2D eigenvalue weighted by molar-refractivity contribution is -0.136. The Bertz CT molecular complexity index is 864. The van der Waals surface area contributed by atoms with E-state index in [4.69, 9.17) is 0 Å². The van der Waals surface area contributed by atoms with E-state index in [1.165, 1.54) is 25.7 Å². The number of carbonyl (C=O) groups is 3. The van der Waals surface area contributed by atoms with Gasteiger partial charge in [0.2, 0.25) is 11.8 Å². The van der Waals surface area contributed by atoms with Crippen molar-refractivity contribution in [2.24, 2.45) is 5.92 Å². The predicted molar refractivity (Wildman–Crippen MR) is 107 cm³/mol. The minimum absolute atomic E-state index is 0.107. The predicted octanol–water partition coefficient (Wildman–Crippen LogP) is 1.07. The Morgan fingerprint density at radius 2 is 2.03 bits per heavy atom. The quantitative estimate of drug-likeness (QED) is 0.648. The molecule has 0 radical (unpaired) electrons. The molecule has 1 spiro atoms. The maximum atomic E-state index is 12.9. The van der Waals surface area contributed by atoms with E-state index < -0.39 is 6.04 Å². The molecule has 3 aliphatic heterocycles. The molecule has 3 heterocycles. The zero-order valence-electron chi connectivity index (χ0n) is 16.6. The third-order valence-corrected chi connectivity index (χ3v) is 7.38. The molecule has 1 aliphatic carbocycles. The summed E-state index contributed by atoms with van der Waals surface area (Å²) in [5, 5.41) is 9.70. The van der Waals surface area contributed by atoms with E-state index in [-0.39, 0.29) is 24.1 Å². The first kappa shape index (κ1) is 18.8. The number of hydrogen-bond donors (Lipinski definition) is 3. The summed E-state index contributed by atoms with van der Waals surface area (Å²) in [6.45, 7) is 3.27. The molecule has 4 aliphatic rings. The zero-order chi connectivity index (χ0) is 20.0. The molecule has 2 unspecified atom stereocenters. The normalized spacial score (nSPS) is 27.9. The number of imide groups is 1. The molecule has 1 aromatic rings. The van der Waals surface area contributed by atoms with E-state index in [0.717, 1.165) is 30.8 Å². The summed E-state index contributed by atoms with van der Waals surface area (Å²) in [6, 6.07) is 5.28. The van der Waals surface area contributed by atoms with Crippen molar-refractivity contribution in [2.45, 2.75) is 63.2 Å². The lowest BCUT2D eigenvalue weighted by Gasteiger charge is -2.44. The third-order valence-electron chi connectivity index (χ3n) is 7.38. The van der Waals surface area contributed by atoms with Gasteiger partial charge in [-0.2, -0.15) is 0 Å². The Kier molecular flexibility index (Phi) is 4.67. The number of carbonyl (C=O) groups excluding carboxylic acids is 3. The molecule has 0 bridgehead atoms. The molecule has 3 amide bonds. The van der Waals surface area contributed by atoms with E-state index >= 15 is 0 Å². The average molecular weight is 396 g/mol. The highest BCUT2D eigenvalue weighted by Crippen LogP contribution is 2.42. The van der Waals surface area contributed by atoms with E-state index in [1.807, 2.05) is 12.1 Å². The second-order valence-electron chi connectivity index (χ2n) is 8.90. The average Bonchev–Trinajstić information content (AvgIpc) is 3.24. The third kappa shape index (κ3) is 3.16. The number of benzene rings is 1. The largest absolute Gasteiger partial charge is 0.322 e. The van der Waals surface area contributed by atoms with E-state index in [2.05, 4.69) is 22.0 Å². The minimum atomic E-state index is -0.559. The summed E-state index contributed by atoms with van der Waals surface area (Å²) in [6.07, 6.45) is 5.80. The smallest absolute Gasteiger partial charge is 0.255 e. The standard InChI is InChI=1S/C22H28N4O3/c27-19-6-5-18(20(28)25-19)26-13-17-14(3-1-4-16(17)21(26)29)11-23-12-15-7-10-24-22(15)8-2-9-22/h1,3-4,15,18,23-24H,2,5-13H2,(H,25,27,28). The molecular formula is C22H28N4O3. The van der Waals surface area contributed by atoms with Crippen molar-refractivity contribution in [3.05, 3.63) is 34.9 Å². The Morgan fingerprint density at radius 3 is 2.79 bits per heavy atom. The van der Waals surface area contributed by atoms with Crippen molar-refractivity contribution < 1.29 is 14.4 Å². The van der Waals surface area contributed by atoms with Crippen LogP contribution in [0.15, 0.2) is 18.2 Å². The first-order valence-electron chi connectivity index (χ1n) is 10.8. The van der Waals surface area contributed by atoms with Crippen LogP contribution in [0, 0.1) is 5.92 Å². The SMILES string of the molecule is O=C1CCC(N2Cc3c(CNCC4CCNC45CCC5)cccc3C2=O)C(=O)N1. The summed E-state index contributed by atoms with van der Waals surface area (Å²) in [7, 11) is 0. The van der Waals surface area contributed by atoms with E-state index in [1.54, 1.807) is 4.90 Å². The zero-order valence-corrected chi connectivity index (χ0v) is 16.6. The van der Waals surface area contributed by atoms with Gasteiger partial charge in [-0.15, -0.1) is 0 Å². The molecular weight excluding hydrogens is 368 g/mol. The Balaban J connectivity index is 1.26. The first-order chi connectivity index (χ1) is 14.1. The highest BCUT2D eigenvalue weighted by molar-refractivity contribution is 6.05. The number of rotatable bonds is 5. The van der Waals surface area contributed by atoms with Gasteiger partial charge in [0.1, 0.15) is 6.04 Å². The fraction of sp³-hybridized carbons (Fsp3) is 0.591. The monoisotopic (exact) mass is 396 g/mol. The van der Waals surface area contributed by atoms with Gasteiger partial charge in [-0.3, -0.25) is 19.7 Å². The van der Waals surface area contributed by atoms with Crippen LogP contribution in [0.2, 0.25) is 0 Å². The van der Waals surface area contributed by atoms with Crippen molar-refractivity contribution in [3.63, 3.8) is 0 Å². The van der Waals surface area contributed by atoms with Gasteiger partial charge in [-0.25, -0.2) is 0 Å². The molecule has 1 aromatic carbocycles. The number of nitrogens with one attached hydrogen (secondary N) is 3. The van der Waals surface area contributed by atoms with Crippen molar-refractivity contribution in [3.8, 4) is 0 Å². The molecule has 7 heteroatoms. The van der Waals surface area contributed by atoms with Gasteiger partial charge in [0.25, 0.3) is 5.91 Å². The van der Waals surface area contributed by atoms with Crippen molar-refractivity contribution in [1.29, 1.82) is 0 Å². The van der Waals surface area contributed by atoms with Crippen LogP contribution in [0.25, 0.3) is 0 Å². The van der Waals surface area contributed by atoms with Gasteiger partial charge in [0, 0.05) is 37.2 Å². The molecule has 7 nitrogen and oxygen atoms in total. The number of fused-ring (bicyclic) bond motifs is 1. The van der Waals surface area contributed by atoms with Crippen LogP contribution in [0.3, 0.4) is 0 Å². The summed E-state index contributed by atoms with van der Waals surface area (Å²) in [4.78, 5) is 38.2. The number of piperidine rings is 1. The van der Waals surface area contributed by atoms with Gasteiger partial charge in [-0.05, 0) is 61.8 Å². The van der Waals surface area contributed by atoms with Gasteiger partial charge >= 0.3 is 0 Å². The Morgan fingerprint density at radius 1 is 1.17 bits per heavy atom. The molecule has 29 heavy (non-hydrogen) atoms. The second-order valence-corrected chi connectivity index (χ2v) is 8.90. The van der Waals surface area contributed by atoms with Gasteiger partial charge < -0.3 is 15.5 Å². The van der Waals surface area contributed by atoms with E-state index in [0.29, 0.717) is 30.0 Å². The highest BCUT2D eigenvalue weighted by atomic mass is 16.2. The molecule has 0 aromatic heterocycles. The molecule has 2 saturated heterocycles. The van der Waals surface area contributed by atoms with Gasteiger partial charge in [-0.1, -0.05) is 12.1 Å². The number of hydrogen-bond acceptors (Lipinski definition) is 5. The van der Waals surface area contributed by atoms with Crippen LogP contribution < -0.4 is 16.0 Å². The second kappa shape index (κ2) is 7.22. The van der Waals surface area contributed by atoms with Crippen molar-refractivity contribution in [1.82, 2.24) is 20.9 Å². The van der Waals surface area contributed by atoms with Crippen LogP contribution in [0.1, 0.15) is 60.0 Å². The lowest BCUT2D eigenvalue weighted by Crippen LogP contribution is -2.53. The Hall–Kier alpha value is -2.25. The lowest BCUT2D eigenvalue weighted by atomic mass is 9.69. The number of amides is 3. The van der Waals surface area contributed by atoms with E-state index in [9.17, 15) is 14.4 Å². The summed E-state index contributed by atoms with van der Waals surface area (Å²) in [5.41, 5.74) is 3.19. The fourth-order valence-corrected chi connectivity index (χ4v) is 5.55. The molecule has 1 saturated carbocycles. The molecule has 3 fully saturated rings. The molecule has 2 atom stereocenters. The van der Waals surface area contributed by atoms with Crippen molar-refractivity contribution >= 4 is 17.7 Å². The summed E-state index contributed by atoms with van der Waals surface area (Å²) in [5.74, 6) is -0.0491. The molecule has 3 N–H and O–H groups in total. The minimum Gasteiger partial charge on any atom is -0.322 e. The summed E-state index contributed by atoms with van der Waals surface area (Å²) >= 11 is 0. The fourth-order valence-electron chi connectivity index (χ4n) is 5.55. The topological polar surface area (TPSA) is 90.5 Å². The van der Waals surface area contributed by atoms with Crippen LogP contribution >= 0.6 is 0 Å². The summed E-state index contributed by atoms with van der Waals surface area (Å²) < 4.78 is 0. The maximum absolute atomic E-state index is 12.9. The van der Waals surface area contributed by atoms with Crippen LogP contribution in [0.5, 0.6) is 0 Å². The van der Waals surface area contributed by atoms with Gasteiger partial charge in [0.05, 0.1) is 0 Å². The maximum Gasteiger partial charge on any atom is 0.255 e.